The Morgan fingerprint density at radius 3 is 2.20 bits per heavy atom. The van der Waals surface area contributed by atoms with Crippen molar-refractivity contribution >= 4 is 15.8 Å². The SMILES string of the molecule is Cc1ccc([C@@H](OC(=O)c2ccc(CS(C)(=O)=O)cc2)C(F)(F)F)o1. The Kier molecular flexibility index (Phi) is 5.26. The van der Waals surface area contributed by atoms with E-state index in [4.69, 9.17) is 4.42 Å². The maximum absolute atomic E-state index is 13.1. The number of aryl methyl sites for hydroxylation is 1. The van der Waals surface area contributed by atoms with E-state index >= 15 is 0 Å². The van der Waals surface area contributed by atoms with Crippen LogP contribution in [0.15, 0.2) is 40.8 Å². The minimum absolute atomic E-state index is 0.130. The summed E-state index contributed by atoms with van der Waals surface area (Å²) < 4.78 is 71.3. The van der Waals surface area contributed by atoms with Crippen LogP contribution in [0.1, 0.15) is 33.5 Å². The summed E-state index contributed by atoms with van der Waals surface area (Å²) in [6.07, 6.45) is -6.31. The van der Waals surface area contributed by atoms with Gasteiger partial charge >= 0.3 is 12.1 Å². The van der Waals surface area contributed by atoms with Crippen molar-refractivity contribution in [3.05, 3.63) is 59.0 Å². The molecule has 0 spiro atoms. The lowest BCUT2D eigenvalue weighted by Crippen LogP contribution is -2.26. The molecule has 2 rings (SSSR count). The van der Waals surface area contributed by atoms with Crippen molar-refractivity contribution in [2.75, 3.05) is 6.26 Å². The van der Waals surface area contributed by atoms with Crippen molar-refractivity contribution in [3.8, 4) is 0 Å². The van der Waals surface area contributed by atoms with Crippen LogP contribution in [0.25, 0.3) is 0 Å². The van der Waals surface area contributed by atoms with Crippen LogP contribution in [0.4, 0.5) is 13.2 Å². The van der Waals surface area contributed by atoms with E-state index in [1.54, 1.807) is 0 Å². The average molecular weight is 376 g/mol. The molecule has 25 heavy (non-hydrogen) atoms. The Labute approximate surface area is 142 Å². The molecule has 0 unspecified atom stereocenters. The van der Waals surface area contributed by atoms with Gasteiger partial charge in [0.25, 0.3) is 6.10 Å². The topological polar surface area (TPSA) is 73.6 Å². The monoisotopic (exact) mass is 376 g/mol. The molecule has 0 amide bonds. The normalized spacial score (nSPS) is 13.5. The first kappa shape index (κ1) is 19.0. The molecule has 1 heterocycles. The molecular weight excluding hydrogens is 361 g/mol. The lowest BCUT2D eigenvalue weighted by molar-refractivity contribution is -0.212. The number of sulfone groups is 1. The number of furan rings is 1. The zero-order valence-electron chi connectivity index (χ0n) is 13.3. The van der Waals surface area contributed by atoms with Crippen LogP contribution in [-0.2, 0) is 20.3 Å². The second-order valence-corrected chi connectivity index (χ2v) is 7.68. The molecule has 1 aromatic heterocycles. The number of halogens is 3. The fourth-order valence-electron chi connectivity index (χ4n) is 2.10. The molecule has 1 aromatic carbocycles. The van der Waals surface area contributed by atoms with Gasteiger partial charge in [0.05, 0.1) is 11.3 Å². The molecule has 2 aromatic rings. The Bertz CT molecular complexity index is 851. The van der Waals surface area contributed by atoms with E-state index in [0.717, 1.165) is 12.3 Å². The molecule has 0 saturated carbocycles. The Hall–Kier alpha value is -2.29. The first-order valence-corrected chi connectivity index (χ1v) is 9.12. The number of hydrogen-bond donors (Lipinski definition) is 0. The third kappa shape index (κ3) is 5.35. The highest BCUT2D eigenvalue weighted by molar-refractivity contribution is 7.89. The number of ether oxygens (including phenoxy) is 1. The predicted molar refractivity (Wildman–Crippen MR) is 82.6 cm³/mol. The molecule has 0 bridgehead atoms. The van der Waals surface area contributed by atoms with Crippen LogP contribution in [0, 0.1) is 6.92 Å². The largest absolute Gasteiger partial charge is 0.462 e. The van der Waals surface area contributed by atoms with Crippen LogP contribution in [-0.4, -0.2) is 26.8 Å². The highest BCUT2D eigenvalue weighted by Gasteiger charge is 2.46. The minimum atomic E-state index is -4.84. The van der Waals surface area contributed by atoms with Crippen molar-refractivity contribution in [1.82, 2.24) is 0 Å². The molecule has 0 N–H and O–H groups in total. The quantitative estimate of drug-likeness (QED) is 0.746. The second kappa shape index (κ2) is 6.91. The summed E-state index contributed by atoms with van der Waals surface area (Å²) in [4.78, 5) is 12.0. The Morgan fingerprint density at radius 1 is 1.16 bits per heavy atom. The van der Waals surface area contributed by atoms with Gasteiger partial charge in [0, 0.05) is 6.26 Å². The molecule has 0 fully saturated rings. The number of benzene rings is 1. The van der Waals surface area contributed by atoms with Crippen molar-refractivity contribution < 1.29 is 35.5 Å². The standard InChI is InChI=1S/C16H15F3O5S/c1-10-3-8-13(23-10)14(16(17,18)19)24-15(20)12-6-4-11(5-7-12)9-25(2,21)22/h3-8,14H,9H2,1-2H3/t14-/m1/s1. The molecule has 0 aliphatic carbocycles. The average Bonchev–Trinajstić information content (AvgIpc) is 2.88. The van der Waals surface area contributed by atoms with E-state index in [9.17, 15) is 26.4 Å². The van der Waals surface area contributed by atoms with E-state index < -0.39 is 33.8 Å². The maximum Gasteiger partial charge on any atom is 0.433 e. The van der Waals surface area contributed by atoms with E-state index in [0.29, 0.717) is 5.56 Å². The fraction of sp³-hybridized carbons (Fsp3) is 0.312. The van der Waals surface area contributed by atoms with Gasteiger partial charge in [0.2, 0.25) is 0 Å². The van der Waals surface area contributed by atoms with E-state index in [2.05, 4.69) is 4.74 Å². The lowest BCUT2D eigenvalue weighted by Gasteiger charge is -2.18. The van der Waals surface area contributed by atoms with Gasteiger partial charge < -0.3 is 9.15 Å². The van der Waals surface area contributed by atoms with Gasteiger partial charge in [0.1, 0.15) is 5.76 Å². The summed E-state index contributed by atoms with van der Waals surface area (Å²) in [5, 5.41) is 0. The van der Waals surface area contributed by atoms with Crippen LogP contribution in [0.2, 0.25) is 0 Å². The molecule has 0 aliphatic heterocycles. The van der Waals surface area contributed by atoms with Crippen LogP contribution >= 0.6 is 0 Å². The van der Waals surface area contributed by atoms with E-state index in [1.165, 1.54) is 37.3 Å². The first-order valence-electron chi connectivity index (χ1n) is 7.06. The number of carbonyl (C=O) groups excluding carboxylic acids is 1. The summed E-state index contributed by atoms with van der Waals surface area (Å²) >= 11 is 0. The molecule has 0 radical (unpaired) electrons. The molecule has 9 heteroatoms. The number of rotatable bonds is 5. The maximum atomic E-state index is 13.1. The smallest absolute Gasteiger partial charge is 0.433 e. The summed E-state index contributed by atoms with van der Waals surface area (Å²) in [7, 11) is -3.26. The van der Waals surface area contributed by atoms with Gasteiger partial charge in [-0.1, -0.05) is 12.1 Å². The van der Waals surface area contributed by atoms with Gasteiger partial charge in [-0.3, -0.25) is 0 Å². The summed E-state index contributed by atoms with van der Waals surface area (Å²) in [6, 6.07) is 7.54. The Morgan fingerprint density at radius 2 is 1.76 bits per heavy atom. The van der Waals surface area contributed by atoms with Gasteiger partial charge in [-0.2, -0.15) is 13.2 Å². The molecular formula is C16H15F3O5S. The van der Waals surface area contributed by atoms with E-state index in [-0.39, 0.29) is 17.1 Å². The predicted octanol–water partition coefficient (Wildman–Crippen LogP) is 3.59. The summed E-state index contributed by atoms with van der Waals surface area (Å²) in [5.41, 5.74) is 0.280. The van der Waals surface area contributed by atoms with Crippen LogP contribution in [0.5, 0.6) is 0 Å². The van der Waals surface area contributed by atoms with Gasteiger partial charge in [-0.25, -0.2) is 13.2 Å². The molecule has 5 nitrogen and oxygen atoms in total. The zero-order chi connectivity index (χ0) is 18.8. The Balaban J connectivity index is 2.18. The van der Waals surface area contributed by atoms with Crippen molar-refractivity contribution in [2.24, 2.45) is 0 Å². The van der Waals surface area contributed by atoms with Crippen molar-refractivity contribution in [1.29, 1.82) is 0 Å². The first-order chi connectivity index (χ1) is 11.5. The number of esters is 1. The van der Waals surface area contributed by atoms with Crippen molar-refractivity contribution in [3.63, 3.8) is 0 Å². The van der Waals surface area contributed by atoms with Crippen molar-refractivity contribution in [2.45, 2.75) is 25.0 Å². The molecule has 136 valence electrons. The minimum Gasteiger partial charge on any atom is -0.462 e. The van der Waals surface area contributed by atoms with Gasteiger partial charge in [-0.15, -0.1) is 0 Å². The molecule has 0 aliphatic rings. The third-order valence-corrected chi connectivity index (χ3v) is 4.02. The highest BCUT2D eigenvalue weighted by Crippen LogP contribution is 2.37. The van der Waals surface area contributed by atoms with E-state index in [1.807, 2.05) is 0 Å². The van der Waals surface area contributed by atoms with Crippen LogP contribution in [0.3, 0.4) is 0 Å². The summed E-state index contributed by atoms with van der Waals surface area (Å²) in [5.74, 6) is -1.70. The molecule has 0 saturated heterocycles. The number of alkyl halides is 3. The number of hydrogen-bond acceptors (Lipinski definition) is 5. The summed E-state index contributed by atoms with van der Waals surface area (Å²) in [6.45, 7) is 1.47. The fourth-order valence-corrected chi connectivity index (χ4v) is 2.89. The van der Waals surface area contributed by atoms with Crippen LogP contribution < -0.4 is 0 Å². The van der Waals surface area contributed by atoms with Gasteiger partial charge in [0.15, 0.2) is 15.6 Å². The van der Waals surface area contributed by atoms with Gasteiger partial charge in [-0.05, 0) is 36.8 Å². The second-order valence-electron chi connectivity index (χ2n) is 5.54. The molecule has 1 atom stereocenters. The number of carbonyl (C=O) groups is 1. The zero-order valence-corrected chi connectivity index (χ0v) is 14.1. The highest BCUT2D eigenvalue weighted by atomic mass is 32.2. The third-order valence-electron chi connectivity index (χ3n) is 3.16. The lowest BCUT2D eigenvalue weighted by atomic mass is 10.1.